The number of carbonyl (C=O) groups is 2. The molecule has 0 unspecified atom stereocenters. The Morgan fingerprint density at radius 1 is 0.821 bits per heavy atom. The molecule has 0 aliphatic rings. The first-order valence-electron chi connectivity index (χ1n) is 9.04. The highest BCUT2D eigenvalue weighted by atomic mass is 16.1. The van der Waals surface area contributed by atoms with Crippen molar-refractivity contribution < 1.29 is 9.59 Å². The molecule has 3 aromatic rings. The van der Waals surface area contributed by atoms with Crippen LogP contribution in [0.5, 0.6) is 0 Å². The van der Waals surface area contributed by atoms with Gasteiger partial charge >= 0.3 is 0 Å². The molecule has 6 heteroatoms. The maximum absolute atomic E-state index is 12.3. The summed E-state index contributed by atoms with van der Waals surface area (Å²) < 4.78 is 0. The second-order valence-corrected chi connectivity index (χ2v) is 6.78. The van der Waals surface area contributed by atoms with Gasteiger partial charge in [-0.2, -0.15) is 0 Å². The van der Waals surface area contributed by atoms with Gasteiger partial charge in [-0.25, -0.2) is 9.97 Å². The summed E-state index contributed by atoms with van der Waals surface area (Å²) in [6, 6.07) is 14.8. The first kappa shape index (κ1) is 19.2. The number of nitrogens with zero attached hydrogens (tertiary/aromatic N) is 2. The minimum absolute atomic E-state index is 0.0202. The zero-order valence-electron chi connectivity index (χ0n) is 16.1. The number of ketones is 1. The molecule has 28 heavy (non-hydrogen) atoms. The van der Waals surface area contributed by atoms with Crippen LogP contribution in [-0.2, 0) is 0 Å². The van der Waals surface area contributed by atoms with Gasteiger partial charge in [-0.3, -0.25) is 9.59 Å². The average Bonchev–Trinajstić information content (AvgIpc) is 2.69. The minimum Gasteiger partial charge on any atom is -0.324 e. The quantitative estimate of drug-likeness (QED) is 0.606. The number of rotatable bonds is 6. The summed E-state index contributed by atoms with van der Waals surface area (Å²) in [7, 11) is 0. The Morgan fingerprint density at radius 3 is 1.93 bits per heavy atom. The molecule has 1 aromatic heterocycles. The molecule has 0 saturated carbocycles. The van der Waals surface area contributed by atoms with E-state index in [1.54, 1.807) is 24.3 Å². The summed E-state index contributed by atoms with van der Waals surface area (Å²) in [6.07, 6.45) is 2.94. The summed E-state index contributed by atoms with van der Waals surface area (Å²) in [5.41, 5.74) is 3.68. The van der Waals surface area contributed by atoms with E-state index in [1.165, 1.54) is 24.9 Å². The van der Waals surface area contributed by atoms with Crippen molar-refractivity contribution in [1.82, 2.24) is 9.97 Å². The number of anilines is 3. The van der Waals surface area contributed by atoms with Crippen molar-refractivity contribution in [3.63, 3.8) is 0 Å². The third-order valence-electron chi connectivity index (χ3n) is 4.30. The molecule has 0 saturated heterocycles. The molecule has 1 amide bonds. The summed E-state index contributed by atoms with van der Waals surface area (Å²) in [5, 5.41) is 5.88. The van der Waals surface area contributed by atoms with E-state index >= 15 is 0 Å². The molecule has 0 spiro atoms. The number of amides is 1. The number of hydrogen-bond acceptors (Lipinski definition) is 5. The number of carbonyl (C=O) groups excluding carboxylic acids is 2. The molecule has 0 bridgehead atoms. The Kier molecular flexibility index (Phi) is 5.79. The van der Waals surface area contributed by atoms with Crippen molar-refractivity contribution in [2.45, 2.75) is 26.7 Å². The highest BCUT2D eigenvalue weighted by Gasteiger charge is 2.09. The van der Waals surface area contributed by atoms with Crippen LogP contribution in [0.15, 0.2) is 60.9 Å². The van der Waals surface area contributed by atoms with Gasteiger partial charge in [-0.05, 0) is 54.8 Å². The second kappa shape index (κ2) is 8.43. The smallest absolute Gasteiger partial charge is 0.258 e. The van der Waals surface area contributed by atoms with E-state index in [9.17, 15) is 9.59 Å². The van der Waals surface area contributed by atoms with Crippen LogP contribution in [0.25, 0.3) is 0 Å². The van der Waals surface area contributed by atoms with Crippen molar-refractivity contribution in [3.05, 3.63) is 77.6 Å². The fraction of sp³-hybridized carbons (Fsp3) is 0.182. The lowest BCUT2D eigenvalue weighted by molar-refractivity contribution is 0.101. The Labute approximate surface area is 164 Å². The summed E-state index contributed by atoms with van der Waals surface area (Å²) >= 11 is 0. The van der Waals surface area contributed by atoms with Crippen LogP contribution in [0.3, 0.4) is 0 Å². The Balaban J connectivity index is 1.63. The number of hydrogen-bond donors (Lipinski definition) is 2. The van der Waals surface area contributed by atoms with Gasteiger partial charge in [0.15, 0.2) is 5.78 Å². The number of benzene rings is 2. The number of Topliss-reactive ketones (excluding diaryl/α,β-unsaturated/α-hetero) is 1. The van der Waals surface area contributed by atoms with Crippen LogP contribution < -0.4 is 10.6 Å². The van der Waals surface area contributed by atoms with Crippen molar-refractivity contribution in [3.8, 4) is 0 Å². The molecule has 6 nitrogen and oxygen atoms in total. The molecule has 1 heterocycles. The zero-order chi connectivity index (χ0) is 20.1. The Morgan fingerprint density at radius 2 is 1.39 bits per heavy atom. The molecule has 2 N–H and O–H groups in total. The van der Waals surface area contributed by atoms with E-state index in [2.05, 4.69) is 46.6 Å². The van der Waals surface area contributed by atoms with E-state index in [-0.39, 0.29) is 11.7 Å². The normalized spacial score (nSPS) is 10.6. The summed E-state index contributed by atoms with van der Waals surface area (Å²) in [6.45, 7) is 5.79. The molecule has 0 aliphatic carbocycles. The van der Waals surface area contributed by atoms with Gasteiger partial charge in [0.05, 0.1) is 5.56 Å². The zero-order valence-corrected chi connectivity index (χ0v) is 16.1. The molecule has 0 aliphatic heterocycles. The van der Waals surface area contributed by atoms with E-state index < -0.39 is 0 Å². The topological polar surface area (TPSA) is 84.0 Å². The summed E-state index contributed by atoms with van der Waals surface area (Å²) in [4.78, 5) is 32.0. The fourth-order valence-corrected chi connectivity index (χ4v) is 2.58. The van der Waals surface area contributed by atoms with Gasteiger partial charge in [-0.15, -0.1) is 0 Å². The van der Waals surface area contributed by atoms with Gasteiger partial charge in [0.1, 0.15) is 0 Å². The van der Waals surface area contributed by atoms with E-state index in [4.69, 9.17) is 0 Å². The first-order valence-corrected chi connectivity index (χ1v) is 9.04. The lowest BCUT2D eigenvalue weighted by Gasteiger charge is -2.09. The van der Waals surface area contributed by atoms with E-state index in [0.29, 0.717) is 28.7 Å². The van der Waals surface area contributed by atoms with Crippen LogP contribution in [0.1, 0.15) is 53.0 Å². The van der Waals surface area contributed by atoms with Crippen molar-refractivity contribution in [1.29, 1.82) is 0 Å². The highest BCUT2D eigenvalue weighted by Crippen LogP contribution is 2.19. The van der Waals surface area contributed by atoms with E-state index in [1.807, 2.05) is 12.1 Å². The van der Waals surface area contributed by atoms with E-state index in [0.717, 1.165) is 5.69 Å². The monoisotopic (exact) mass is 374 g/mol. The van der Waals surface area contributed by atoms with Crippen molar-refractivity contribution in [2.75, 3.05) is 10.6 Å². The molecule has 142 valence electrons. The van der Waals surface area contributed by atoms with Crippen LogP contribution in [0.4, 0.5) is 17.3 Å². The molecule has 0 radical (unpaired) electrons. The van der Waals surface area contributed by atoms with Crippen LogP contribution >= 0.6 is 0 Å². The van der Waals surface area contributed by atoms with Gasteiger partial charge in [0.25, 0.3) is 5.91 Å². The van der Waals surface area contributed by atoms with Gasteiger partial charge < -0.3 is 10.6 Å². The second-order valence-electron chi connectivity index (χ2n) is 6.78. The largest absolute Gasteiger partial charge is 0.324 e. The molecule has 2 aromatic carbocycles. The highest BCUT2D eigenvalue weighted by molar-refractivity contribution is 6.04. The number of nitrogens with one attached hydrogen (secondary N) is 2. The lowest BCUT2D eigenvalue weighted by Crippen LogP contribution is -2.13. The molecular weight excluding hydrogens is 352 g/mol. The Bertz CT molecular complexity index is 963. The van der Waals surface area contributed by atoms with Crippen molar-refractivity contribution in [2.24, 2.45) is 0 Å². The van der Waals surface area contributed by atoms with Gasteiger partial charge in [0, 0.05) is 29.3 Å². The standard InChI is InChI=1S/C22H22N4O2/c1-14(2)16-4-8-20(9-5-16)26-22-23-12-18(13-24-22)21(28)25-19-10-6-17(7-11-19)15(3)27/h4-14H,1-3H3,(H,25,28)(H,23,24,26). The summed E-state index contributed by atoms with van der Waals surface area (Å²) in [5.74, 6) is 0.554. The molecule has 0 fully saturated rings. The number of aromatic nitrogens is 2. The molecule has 0 atom stereocenters. The fourth-order valence-electron chi connectivity index (χ4n) is 2.58. The van der Waals surface area contributed by atoms with Gasteiger partial charge in [0.2, 0.25) is 5.95 Å². The van der Waals surface area contributed by atoms with Gasteiger partial charge in [-0.1, -0.05) is 26.0 Å². The van der Waals surface area contributed by atoms with Crippen molar-refractivity contribution >= 4 is 29.0 Å². The predicted molar refractivity (Wildman–Crippen MR) is 110 cm³/mol. The molecule has 3 rings (SSSR count). The predicted octanol–water partition coefficient (Wildman–Crippen LogP) is 4.80. The third kappa shape index (κ3) is 4.79. The third-order valence-corrected chi connectivity index (χ3v) is 4.30. The Hall–Kier alpha value is -3.54. The maximum atomic E-state index is 12.3. The maximum Gasteiger partial charge on any atom is 0.258 e. The first-order chi connectivity index (χ1) is 13.4. The van der Waals surface area contributed by atoms with Crippen LogP contribution in [0, 0.1) is 0 Å². The average molecular weight is 374 g/mol. The SMILES string of the molecule is CC(=O)c1ccc(NC(=O)c2cnc(Nc3ccc(C(C)C)cc3)nc2)cc1. The molecular formula is C22H22N4O2. The lowest BCUT2D eigenvalue weighted by atomic mass is 10.0. The van der Waals surface area contributed by atoms with Crippen LogP contribution in [0.2, 0.25) is 0 Å². The van der Waals surface area contributed by atoms with Crippen LogP contribution in [-0.4, -0.2) is 21.7 Å². The minimum atomic E-state index is -0.316.